The van der Waals surface area contributed by atoms with Gasteiger partial charge in [-0.2, -0.15) is 0 Å². The summed E-state index contributed by atoms with van der Waals surface area (Å²) in [6, 6.07) is 27.5. The quantitative estimate of drug-likeness (QED) is 0.261. The van der Waals surface area contributed by atoms with E-state index in [9.17, 15) is 18.0 Å². The molecule has 226 valence electrons. The maximum absolute atomic E-state index is 14.3. The number of fused-ring (bicyclic) bond motifs is 2. The van der Waals surface area contributed by atoms with E-state index in [4.69, 9.17) is 8.25 Å². The number of aromatic nitrogens is 2. The average molecular weight is 631 g/mol. The third-order valence-electron chi connectivity index (χ3n) is 7.96. The maximum atomic E-state index is 14.3. The first kappa shape index (κ1) is 29.7. The number of hydrogen-bond donors (Lipinski definition) is 0. The Kier molecular flexibility index (Phi) is 7.59. The van der Waals surface area contributed by atoms with E-state index in [0.717, 1.165) is 5.06 Å². The van der Waals surface area contributed by atoms with Crippen molar-refractivity contribution >= 4 is 44.7 Å². The first-order valence-electron chi connectivity index (χ1n) is 14.0. The van der Waals surface area contributed by atoms with Crippen LogP contribution in [-0.4, -0.2) is 53.1 Å². The van der Waals surface area contributed by atoms with Crippen LogP contribution >= 0.6 is 6.83 Å². The first-order chi connectivity index (χ1) is 21.2. The Balaban J connectivity index is 1.50. The molecule has 0 spiro atoms. The molecular formula is C32H31N4O6PS. The van der Waals surface area contributed by atoms with E-state index >= 15 is 0 Å². The molecule has 1 aromatic heterocycles. The van der Waals surface area contributed by atoms with Crippen LogP contribution in [-0.2, 0) is 25.7 Å². The Labute approximate surface area is 255 Å². The Morgan fingerprint density at radius 2 is 1.43 bits per heavy atom. The first-order valence-corrected chi connectivity index (χ1v) is 17.5. The Morgan fingerprint density at radius 3 is 1.93 bits per heavy atom. The molecular weight excluding hydrogens is 599 g/mol. The van der Waals surface area contributed by atoms with Gasteiger partial charge in [0.1, 0.15) is 0 Å². The summed E-state index contributed by atoms with van der Waals surface area (Å²) in [4.78, 5) is 31.6. The summed E-state index contributed by atoms with van der Waals surface area (Å²) >= 11 is 0. The molecule has 1 fully saturated rings. The van der Waals surface area contributed by atoms with Gasteiger partial charge in [0, 0.05) is 0 Å². The zero-order valence-electron chi connectivity index (χ0n) is 24.1. The molecule has 10 nitrogen and oxygen atoms in total. The van der Waals surface area contributed by atoms with Gasteiger partial charge in [0.25, 0.3) is 0 Å². The second-order valence-corrected chi connectivity index (χ2v) is 16.2. The molecule has 0 aliphatic carbocycles. The Bertz CT molecular complexity index is 1830. The molecule has 2 amide bonds. The third kappa shape index (κ3) is 4.78. The third-order valence-corrected chi connectivity index (χ3v) is 15.1. The van der Waals surface area contributed by atoms with Gasteiger partial charge in [0.15, 0.2) is 0 Å². The van der Waals surface area contributed by atoms with Gasteiger partial charge in [0.05, 0.1) is 0 Å². The molecule has 0 saturated carbocycles. The topological polar surface area (TPSA) is 111 Å². The molecule has 3 aromatic carbocycles. The van der Waals surface area contributed by atoms with E-state index in [1.165, 1.54) is 21.9 Å². The van der Waals surface area contributed by atoms with Crippen LogP contribution in [0.1, 0.15) is 12.6 Å². The number of urea groups is 1. The van der Waals surface area contributed by atoms with Crippen LogP contribution in [0.2, 0.25) is 0 Å². The number of amides is 2. The molecule has 1 saturated heterocycles. The zero-order chi connectivity index (χ0) is 31.0. The molecule has 2 aliphatic rings. The van der Waals surface area contributed by atoms with E-state index in [1.807, 2.05) is 104 Å². The molecule has 0 N–H and O–H groups in total. The van der Waals surface area contributed by atoms with Crippen molar-refractivity contribution in [1.82, 2.24) is 19.5 Å². The molecule has 0 radical (unpaired) electrons. The van der Waals surface area contributed by atoms with Gasteiger partial charge in [-0.25, -0.2) is 0 Å². The van der Waals surface area contributed by atoms with E-state index in [-0.39, 0.29) is 18.6 Å². The molecule has 12 heteroatoms. The number of rotatable bonds is 9. The molecule has 6 rings (SSSR count). The number of carbonyl (C=O) groups is 1. The predicted molar refractivity (Wildman–Crippen MR) is 171 cm³/mol. The minimum atomic E-state index is -4.97. The number of benzene rings is 3. The van der Waals surface area contributed by atoms with Crippen LogP contribution in [0.15, 0.2) is 126 Å². The fraction of sp³-hybridized carbons (Fsp3) is 0.156. The Hall–Kier alpha value is -4.41. The summed E-state index contributed by atoms with van der Waals surface area (Å²) in [6.07, 6.45) is 4.91. The van der Waals surface area contributed by atoms with Crippen molar-refractivity contribution in [2.75, 3.05) is 13.1 Å². The van der Waals surface area contributed by atoms with Crippen molar-refractivity contribution in [3.05, 3.63) is 137 Å². The minimum absolute atomic E-state index is 0.158. The number of hydrogen-bond acceptors (Lipinski definition) is 7. The summed E-state index contributed by atoms with van der Waals surface area (Å²) < 4.78 is 42.2. The molecule has 3 heterocycles. The van der Waals surface area contributed by atoms with Crippen LogP contribution in [0.5, 0.6) is 0 Å². The number of allylic oxidation sites excluding steroid dienone is 1. The monoisotopic (exact) mass is 630 g/mol. The van der Waals surface area contributed by atoms with Gasteiger partial charge in [-0.05, 0) is 0 Å². The average Bonchev–Trinajstić information content (AvgIpc) is 3.27. The fourth-order valence-electron chi connectivity index (χ4n) is 5.95. The van der Waals surface area contributed by atoms with Crippen molar-refractivity contribution in [1.29, 1.82) is 0 Å². The van der Waals surface area contributed by atoms with E-state index in [2.05, 4.69) is 4.98 Å². The molecule has 2 bridgehead atoms. The SMILES string of the molecule is CC=CP(OS(=O)(=O)ON1C(=O)N2CC=C(c3cc(=O)n(C)cn3)C1C2)(c1ccccc1)(c1ccccc1)c1ccccc1. The predicted octanol–water partition coefficient (Wildman–Crippen LogP) is 3.45. The van der Waals surface area contributed by atoms with Crippen molar-refractivity contribution < 1.29 is 21.5 Å². The fourth-order valence-corrected chi connectivity index (χ4v) is 13.4. The second kappa shape index (κ2) is 11.3. The summed E-state index contributed by atoms with van der Waals surface area (Å²) in [5.74, 6) is 1.81. The summed E-state index contributed by atoms with van der Waals surface area (Å²) in [5.41, 5.74) is 0.564. The number of carbonyl (C=O) groups excluding carboxylic acids is 1. The van der Waals surface area contributed by atoms with Gasteiger partial charge in [-0.3, -0.25) is 0 Å². The van der Waals surface area contributed by atoms with Gasteiger partial charge < -0.3 is 0 Å². The van der Waals surface area contributed by atoms with Crippen molar-refractivity contribution in [3.63, 3.8) is 0 Å². The van der Waals surface area contributed by atoms with Crippen molar-refractivity contribution in [3.8, 4) is 0 Å². The normalized spacial score (nSPS) is 17.9. The van der Waals surface area contributed by atoms with Gasteiger partial charge >= 0.3 is 256 Å². The second-order valence-electron chi connectivity index (χ2n) is 10.6. The molecule has 1 atom stereocenters. The standard InChI is InChI=1S/C32H31N4O6PS/c1-3-21-43(25-13-7-4-8-14-25,26-15-9-5-10-16-26,27-17-11-6-12-18-27)42-44(39,40)41-36-30-23-35(32(36)38)20-19-28(30)29-22-31(37)34(2)24-33-29/h3-19,21-22,24,30H,20,23H2,1-2H3. The van der Waals surface area contributed by atoms with E-state index in [0.29, 0.717) is 27.2 Å². The van der Waals surface area contributed by atoms with E-state index < -0.39 is 29.3 Å². The van der Waals surface area contributed by atoms with Crippen LogP contribution in [0.25, 0.3) is 5.57 Å². The van der Waals surface area contributed by atoms with Gasteiger partial charge in [0.2, 0.25) is 0 Å². The van der Waals surface area contributed by atoms with Crippen LogP contribution < -0.4 is 21.5 Å². The molecule has 1 unspecified atom stereocenters. The van der Waals surface area contributed by atoms with Gasteiger partial charge in [-0.15, -0.1) is 0 Å². The van der Waals surface area contributed by atoms with Crippen LogP contribution in [0.3, 0.4) is 0 Å². The Morgan fingerprint density at radius 1 is 0.886 bits per heavy atom. The van der Waals surface area contributed by atoms with Crippen LogP contribution in [0, 0.1) is 0 Å². The van der Waals surface area contributed by atoms with Crippen molar-refractivity contribution in [2.45, 2.75) is 13.0 Å². The van der Waals surface area contributed by atoms with Gasteiger partial charge in [-0.1, -0.05) is 0 Å². The molecule has 4 aromatic rings. The summed E-state index contributed by atoms with van der Waals surface area (Å²) in [5, 5.41) is 2.69. The molecule has 2 aliphatic heterocycles. The van der Waals surface area contributed by atoms with E-state index in [1.54, 1.807) is 19.2 Å². The summed E-state index contributed by atoms with van der Waals surface area (Å²) in [6.45, 7) is -2.31. The zero-order valence-corrected chi connectivity index (χ0v) is 25.8. The number of aryl methyl sites for hydroxylation is 1. The molecule has 44 heavy (non-hydrogen) atoms. The number of hydroxylamine groups is 2. The summed E-state index contributed by atoms with van der Waals surface area (Å²) in [7, 11) is -3.39. The van der Waals surface area contributed by atoms with Crippen molar-refractivity contribution in [2.24, 2.45) is 7.05 Å². The number of nitrogens with zero attached hydrogens (tertiary/aromatic N) is 4. The van der Waals surface area contributed by atoms with Crippen LogP contribution in [0.4, 0.5) is 4.79 Å².